The van der Waals surface area contributed by atoms with Crippen LogP contribution in [0.5, 0.6) is 0 Å². The van der Waals surface area contributed by atoms with Crippen molar-refractivity contribution >= 4 is 40.5 Å². The fraction of sp³-hybridized carbons (Fsp3) is 0.471. The zero-order valence-corrected chi connectivity index (χ0v) is 15.5. The SMILES string of the molecule is CSCC[C@H](NC(=O)[C@H](CSC(C)=O)Cc1ccccc1)C(=O)O. The number of nitrogens with one attached hydrogen (secondary N) is 1. The van der Waals surface area contributed by atoms with Crippen LogP contribution < -0.4 is 5.32 Å². The molecule has 0 aliphatic rings. The topological polar surface area (TPSA) is 83.5 Å². The van der Waals surface area contributed by atoms with Gasteiger partial charge in [0.15, 0.2) is 5.12 Å². The van der Waals surface area contributed by atoms with Gasteiger partial charge in [0.05, 0.1) is 5.92 Å². The summed E-state index contributed by atoms with van der Waals surface area (Å²) >= 11 is 2.63. The third-order valence-corrected chi connectivity index (χ3v) is 5.03. The van der Waals surface area contributed by atoms with Crippen molar-refractivity contribution in [3.63, 3.8) is 0 Å². The molecule has 0 spiro atoms. The van der Waals surface area contributed by atoms with Crippen molar-refractivity contribution in [2.24, 2.45) is 5.92 Å². The van der Waals surface area contributed by atoms with Gasteiger partial charge < -0.3 is 10.4 Å². The van der Waals surface area contributed by atoms with Crippen molar-refractivity contribution in [1.82, 2.24) is 5.32 Å². The van der Waals surface area contributed by atoms with Gasteiger partial charge in [0, 0.05) is 12.7 Å². The van der Waals surface area contributed by atoms with Gasteiger partial charge in [-0.1, -0.05) is 42.1 Å². The number of carboxylic acids is 1. The second-order valence-electron chi connectivity index (χ2n) is 5.37. The third-order valence-electron chi connectivity index (χ3n) is 3.41. The number of carboxylic acid groups (broad SMARTS) is 1. The number of carbonyl (C=O) groups excluding carboxylic acids is 2. The van der Waals surface area contributed by atoms with Crippen LogP contribution in [0.15, 0.2) is 30.3 Å². The summed E-state index contributed by atoms with van der Waals surface area (Å²) in [6.07, 6.45) is 2.74. The van der Waals surface area contributed by atoms with Gasteiger partial charge in [0.1, 0.15) is 6.04 Å². The van der Waals surface area contributed by atoms with Crippen LogP contribution >= 0.6 is 23.5 Å². The minimum atomic E-state index is -1.03. The molecule has 0 radical (unpaired) electrons. The summed E-state index contributed by atoms with van der Waals surface area (Å²) in [7, 11) is 0. The molecule has 2 N–H and O–H groups in total. The largest absolute Gasteiger partial charge is 0.480 e. The number of amides is 1. The van der Waals surface area contributed by atoms with E-state index in [2.05, 4.69) is 5.32 Å². The van der Waals surface area contributed by atoms with Crippen LogP contribution in [0.4, 0.5) is 0 Å². The number of thioether (sulfide) groups is 2. The number of hydrogen-bond donors (Lipinski definition) is 2. The zero-order chi connectivity index (χ0) is 17.9. The Hall–Kier alpha value is -1.47. The Morgan fingerprint density at radius 2 is 1.88 bits per heavy atom. The summed E-state index contributed by atoms with van der Waals surface area (Å²) in [6.45, 7) is 1.46. The number of benzene rings is 1. The second kappa shape index (κ2) is 11.1. The molecular formula is C17H23NO4S2. The fourth-order valence-corrected chi connectivity index (χ4v) is 3.30. The zero-order valence-electron chi connectivity index (χ0n) is 13.9. The molecule has 0 unspecified atom stereocenters. The van der Waals surface area contributed by atoms with Crippen molar-refractivity contribution in [3.8, 4) is 0 Å². The highest BCUT2D eigenvalue weighted by Gasteiger charge is 2.25. The molecule has 0 aliphatic carbocycles. The molecule has 0 saturated heterocycles. The number of aliphatic carboxylic acids is 1. The number of hydrogen-bond acceptors (Lipinski definition) is 5. The predicted molar refractivity (Wildman–Crippen MR) is 99.3 cm³/mol. The Balaban J connectivity index is 2.77. The lowest BCUT2D eigenvalue weighted by Crippen LogP contribution is -2.45. The van der Waals surface area contributed by atoms with Crippen LogP contribution in [0.2, 0.25) is 0 Å². The van der Waals surface area contributed by atoms with Crippen LogP contribution in [0, 0.1) is 5.92 Å². The first-order valence-electron chi connectivity index (χ1n) is 7.63. The first kappa shape index (κ1) is 20.6. The van der Waals surface area contributed by atoms with Gasteiger partial charge in [-0.2, -0.15) is 11.8 Å². The maximum absolute atomic E-state index is 12.5. The summed E-state index contributed by atoms with van der Waals surface area (Å²) in [5, 5.41) is 11.8. The molecule has 0 fully saturated rings. The van der Waals surface area contributed by atoms with Crippen LogP contribution in [0.25, 0.3) is 0 Å². The Kier molecular flexibility index (Phi) is 9.56. The van der Waals surface area contributed by atoms with Gasteiger partial charge in [-0.15, -0.1) is 0 Å². The predicted octanol–water partition coefficient (Wildman–Crippen LogP) is 2.45. The quantitative estimate of drug-likeness (QED) is 0.659. The highest BCUT2D eigenvalue weighted by molar-refractivity contribution is 8.13. The van der Waals surface area contributed by atoms with E-state index in [9.17, 15) is 19.5 Å². The van der Waals surface area contributed by atoms with Crippen LogP contribution in [0.3, 0.4) is 0 Å². The van der Waals surface area contributed by atoms with Crippen molar-refractivity contribution in [3.05, 3.63) is 35.9 Å². The molecule has 5 nitrogen and oxygen atoms in total. The minimum Gasteiger partial charge on any atom is -0.480 e. The molecule has 0 heterocycles. The molecule has 1 aromatic carbocycles. The van der Waals surface area contributed by atoms with Crippen molar-refractivity contribution < 1.29 is 19.5 Å². The maximum atomic E-state index is 12.5. The van der Waals surface area contributed by atoms with Gasteiger partial charge in [0.2, 0.25) is 5.91 Å². The van der Waals surface area contributed by atoms with Gasteiger partial charge in [-0.3, -0.25) is 9.59 Å². The summed E-state index contributed by atoms with van der Waals surface area (Å²) in [5.74, 6) is -0.804. The average Bonchev–Trinajstić information content (AvgIpc) is 2.55. The van der Waals surface area contributed by atoms with E-state index >= 15 is 0 Å². The van der Waals surface area contributed by atoms with Crippen LogP contribution in [-0.2, 0) is 20.8 Å². The van der Waals surface area contributed by atoms with Gasteiger partial charge in [-0.25, -0.2) is 4.79 Å². The lowest BCUT2D eigenvalue weighted by molar-refractivity contribution is -0.142. The fourth-order valence-electron chi connectivity index (χ4n) is 2.13. The minimum absolute atomic E-state index is 0.0574. The molecule has 0 aromatic heterocycles. The van der Waals surface area contributed by atoms with E-state index in [1.54, 1.807) is 0 Å². The van der Waals surface area contributed by atoms with Gasteiger partial charge >= 0.3 is 5.97 Å². The van der Waals surface area contributed by atoms with E-state index in [0.29, 0.717) is 24.3 Å². The lowest BCUT2D eigenvalue weighted by atomic mass is 9.99. The van der Waals surface area contributed by atoms with Crippen LogP contribution in [-0.4, -0.2) is 45.9 Å². The molecule has 1 aromatic rings. The van der Waals surface area contributed by atoms with E-state index in [0.717, 1.165) is 17.3 Å². The number of carbonyl (C=O) groups is 3. The first-order chi connectivity index (χ1) is 11.4. The molecule has 0 saturated carbocycles. The second-order valence-corrected chi connectivity index (χ2v) is 7.55. The van der Waals surface area contributed by atoms with Gasteiger partial charge in [0.25, 0.3) is 0 Å². The maximum Gasteiger partial charge on any atom is 0.326 e. The van der Waals surface area contributed by atoms with Crippen molar-refractivity contribution in [1.29, 1.82) is 0 Å². The monoisotopic (exact) mass is 369 g/mol. The molecular weight excluding hydrogens is 346 g/mol. The molecule has 24 heavy (non-hydrogen) atoms. The van der Waals surface area contributed by atoms with Crippen LogP contribution in [0.1, 0.15) is 18.9 Å². The molecule has 0 bridgehead atoms. The van der Waals surface area contributed by atoms with Crippen molar-refractivity contribution in [2.75, 3.05) is 17.8 Å². The smallest absolute Gasteiger partial charge is 0.326 e. The summed E-state index contributed by atoms with van der Waals surface area (Å²) in [5.41, 5.74) is 0.984. The Morgan fingerprint density at radius 1 is 1.21 bits per heavy atom. The molecule has 0 aliphatic heterocycles. The van der Waals surface area contributed by atoms with E-state index in [-0.39, 0.29) is 11.0 Å². The van der Waals surface area contributed by atoms with Gasteiger partial charge in [-0.05, 0) is 30.4 Å². The molecule has 1 rings (SSSR count). The van der Waals surface area contributed by atoms with Crippen molar-refractivity contribution in [2.45, 2.75) is 25.8 Å². The summed E-state index contributed by atoms with van der Waals surface area (Å²) in [4.78, 5) is 35.1. The molecule has 1 amide bonds. The Bertz CT molecular complexity index is 551. The third kappa shape index (κ3) is 7.88. The lowest BCUT2D eigenvalue weighted by Gasteiger charge is -2.20. The van der Waals surface area contributed by atoms with E-state index in [4.69, 9.17) is 0 Å². The number of rotatable bonds is 10. The highest BCUT2D eigenvalue weighted by atomic mass is 32.2. The molecule has 2 atom stereocenters. The molecule has 7 heteroatoms. The van der Waals surface area contributed by atoms with E-state index in [1.807, 2.05) is 36.6 Å². The Morgan fingerprint density at radius 3 is 2.42 bits per heavy atom. The Labute approximate surface area is 151 Å². The molecule has 132 valence electrons. The summed E-state index contributed by atoms with van der Waals surface area (Å²) < 4.78 is 0. The van der Waals surface area contributed by atoms with E-state index in [1.165, 1.54) is 18.7 Å². The average molecular weight is 370 g/mol. The normalized spacial score (nSPS) is 13.1. The van der Waals surface area contributed by atoms with E-state index < -0.39 is 17.9 Å². The first-order valence-corrected chi connectivity index (χ1v) is 10.0. The summed E-state index contributed by atoms with van der Waals surface area (Å²) in [6, 6.07) is 8.61. The highest BCUT2D eigenvalue weighted by Crippen LogP contribution is 2.16. The standard InChI is InChI=1S/C17H23NO4S2/c1-12(19)24-11-14(10-13-6-4-3-5-7-13)16(20)18-15(17(21)22)8-9-23-2/h3-7,14-15H,8-11H2,1-2H3,(H,18,20)(H,21,22)/t14-,15-/m0/s1.